The lowest BCUT2D eigenvalue weighted by Gasteiger charge is -2.11. The molecule has 6 nitrogen and oxygen atoms in total. The lowest BCUT2D eigenvalue weighted by atomic mass is 10.3. The Morgan fingerprint density at radius 2 is 1.72 bits per heavy atom. The summed E-state index contributed by atoms with van der Waals surface area (Å²) in [5.41, 5.74) is -0.187. The number of sulfonamides is 2. The maximum Gasteiger partial charge on any atom is 0.238 e. The van der Waals surface area contributed by atoms with E-state index in [-0.39, 0.29) is 5.69 Å². The Bertz CT molecular complexity index is 653. The Labute approximate surface area is 105 Å². The molecular formula is C9H13FN2O4S2. The van der Waals surface area contributed by atoms with Crippen LogP contribution < -0.4 is 9.86 Å². The van der Waals surface area contributed by atoms with Gasteiger partial charge in [0.05, 0.1) is 15.8 Å². The zero-order chi connectivity index (χ0) is 14.1. The summed E-state index contributed by atoms with van der Waals surface area (Å²) in [7, 11) is -7.78. The van der Waals surface area contributed by atoms with Crippen LogP contribution in [-0.4, -0.2) is 22.1 Å². The molecule has 0 saturated heterocycles. The predicted octanol–water partition coefficient (Wildman–Crippen LogP) is 0.623. The van der Waals surface area contributed by atoms with Crippen molar-refractivity contribution in [1.29, 1.82) is 0 Å². The molecule has 3 N–H and O–H groups in total. The molecule has 0 amide bonds. The van der Waals surface area contributed by atoms with Crippen LogP contribution in [0.5, 0.6) is 0 Å². The summed E-state index contributed by atoms with van der Waals surface area (Å²) in [6, 6.07) is 2.54. The van der Waals surface area contributed by atoms with Crippen LogP contribution >= 0.6 is 0 Å². The molecule has 0 saturated carbocycles. The first kappa shape index (κ1) is 14.9. The molecule has 0 unspecified atom stereocenters. The van der Waals surface area contributed by atoms with Gasteiger partial charge in [-0.05, 0) is 32.0 Å². The quantitative estimate of drug-likeness (QED) is 0.849. The normalized spacial score (nSPS) is 12.7. The van der Waals surface area contributed by atoms with Gasteiger partial charge in [-0.3, -0.25) is 4.72 Å². The summed E-state index contributed by atoms with van der Waals surface area (Å²) in [5, 5.41) is 4.11. The first-order valence-electron chi connectivity index (χ1n) is 4.87. The third-order valence-corrected chi connectivity index (χ3v) is 4.73. The van der Waals surface area contributed by atoms with Gasteiger partial charge in [-0.1, -0.05) is 0 Å². The molecule has 0 heterocycles. The zero-order valence-corrected chi connectivity index (χ0v) is 11.3. The summed E-state index contributed by atoms with van der Waals surface area (Å²) in [6.07, 6.45) is 0. The molecule has 1 aromatic carbocycles. The van der Waals surface area contributed by atoms with E-state index in [2.05, 4.69) is 4.72 Å². The molecule has 0 fully saturated rings. The summed E-state index contributed by atoms with van der Waals surface area (Å²) >= 11 is 0. The van der Waals surface area contributed by atoms with E-state index in [0.29, 0.717) is 6.07 Å². The lowest BCUT2D eigenvalue weighted by molar-refractivity contribution is 0.589. The average Bonchev–Trinajstić information content (AvgIpc) is 2.13. The third-order valence-electron chi connectivity index (χ3n) is 2.08. The number of benzene rings is 1. The zero-order valence-electron chi connectivity index (χ0n) is 9.71. The molecule has 0 radical (unpaired) electrons. The molecular weight excluding hydrogens is 283 g/mol. The van der Waals surface area contributed by atoms with Crippen molar-refractivity contribution in [2.45, 2.75) is 24.0 Å². The van der Waals surface area contributed by atoms with Gasteiger partial charge in [0.2, 0.25) is 20.0 Å². The Morgan fingerprint density at radius 3 is 2.17 bits per heavy atom. The molecule has 0 atom stereocenters. The van der Waals surface area contributed by atoms with Gasteiger partial charge in [0.1, 0.15) is 5.82 Å². The molecule has 9 heteroatoms. The summed E-state index contributed by atoms with van der Waals surface area (Å²) in [5.74, 6) is -0.900. The van der Waals surface area contributed by atoms with Crippen molar-refractivity contribution < 1.29 is 21.2 Å². The minimum atomic E-state index is -4.10. The second kappa shape index (κ2) is 4.82. The van der Waals surface area contributed by atoms with Crippen molar-refractivity contribution in [3.05, 3.63) is 24.0 Å². The predicted molar refractivity (Wildman–Crippen MR) is 65.5 cm³/mol. The van der Waals surface area contributed by atoms with E-state index in [1.807, 2.05) is 0 Å². The second-order valence-electron chi connectivity index (χ2n) is 3.92. The molecule has 0 aliphatic heterocycles. The molecule has 102 valence electrons. The first-order valence-corrected chi connectivity index (χ1v) is 7.96. The van der Waals surface area contributed by atoms with Crippen molar-refractivity contribution in [2.75, 3.05) is 4.72 Å². The van der Waals surface area contributed by atoms with Gasteiger partial charge < -0.3 is 0 Å². The molecule has 18 heavy (non-hydrogen) atoms. The number of halogens is 1. The van der Waals surface area contributed by atoms with Crippen LogP contribution in [0.3, 0.4) is 0 Å². The number of nitrogens with one attached hydrogen (secondary N) is 1. The van der Waals surface area contributed by atoms with Gasteiger partial charge in [0, 0.05) is 0 Å². The van der Waals surface area contributed by atoms with Gasteiger partial charge in [-0.2, -0.15) is 0 Å². The molecule has 0 aliphatic carbocycles. The van der Waals surface area contributed by atoms with Crippen LogP contribution in [0, 0.1) is 5.82 Å². The van der Waals surface area contributed by atoms with E-state index in [1.54, 1.807) is 0 Å². The highest BCUT2D eigenvalue weighted by molar-refractivity contribution is 7.93. The Balaban J connectivity index is 3.25. The number of nitrogens with two attached hydrogens (primary N) is 1. The van der Waals surface area contributed by atoms with E-state index in [1.165, 1.54) is 13.8 Å². The number of hydrogen-bond donors (Lipinski definition) is 2. The smallest absolute Gasteiger partial charge is 0.238 e. The van der Waals surface area contributed by atoms with Crippen LogP contribution in [0.4, 0.5) is 10.1 Å². The standard InChI is InChI=1S/C9H13FN2O4S2/c1-6(2)18(15,16)12-8-3-7(10)4-9(5-8)17(11,13)14/h3-6,12H,1-2H3,(H2,11,13,14). The average molecular weight is 296 g/mol. The number of anilines is 1. The van der Waals surface area contributed by atoms with Crippen molar-refractivity contribution in [3.8, 4) is 0 Å². The third kappa shape index (κ3) is 3.65. The molecule has 0 spiro atoms. The fourth-order valence-electron chi connectivity index (χ4n) is 1.07. The SMILES string of the molecule is CC(C)S(=O)(=O)Nc1cc(F)cc(S(N)(=O)=O)c1. The lowest BCUT2D eigenvalue weighted by Crippen LogP contribution is -2.23. The maximum absolute atomic E-state index is 13.2. The summed E-state index contributed by atoms with van der Waals surface area (Å²) in [6.45, 7) is 2.87. The Hall–Kier alpha value is -1.19. The monoisotopic (exact) mass is 296 g/mol. The van der Waals surface area contributed by atoms with Gasteiger partial charge in [0.15, 0.2) is 0 Å². The van der Waals surface area contributed by atoms with Crippen LogP contribution in [0.1, 0.15) is 13.8 Å². The topological polar surface area (TPSA) is 106 Å². The van der Waals surface area contributed by atoms with E-state index in [9.17, 15) is 21.2 Å². The largest absolute Gasteiger partial charge is 0.283 e. The van der Waals surface area contributed by atoms with Crippen molar-refractivity contribution in [1.82, 2.24) is 0 Å². The van der Waals surface area contributed by atoms with Crippen molar-refractivity contribution >= 4 is 25.7 Å². The maximum atomic E-state index is 13.2. The molecule has 0 bridgehead atoms. The molecule has 1 aromatic rings. The van der Waals surface area contributed by atoms with E-state index < -0.39 is 36.0 Å². The van der Waals surface area contributed by atoms with Crippen molar-refractivity contribution in [3.63, 3.8) is 0 Å². The van der Waals surface area contributed by atoms with E-state index in [4.69, 9.17) is 5.14 Å². The van der Waals surface area contributed by atoms with Crippen molar-refractivity contribution in [2.24, 2.45) is 5.14 Å². The van der Waals surface area contributed by atoms with E-state index in [0.717, 1.165) is 12.1 Å². The minimum absolute atomic E-state index is 0.187. The van der Waals surface area contributed by atoms with E-state index >= 15 is 0 Å². The highest BCUT2D eigenvalue weighted by Gasteiger charge is 2.18. The number of hydrogen-bond acceptors (Lipinski definition) is 4. The van der Waals surface area contributed by atoms with Crippen LogP contribution in [0.2, 0.25) is 0 Å². The summed E-state index contributed by atoms with van der Waals surface area (Å²) in [4.78, 5) is -0.496. The van der Waals surface area contributed by atoms with Gasteiger partial charge in [-0.15, -0.1) is 0 Å². The fourth-order valence-corrected chi connectivity index (χ4v) is 2.32. The van der Waals surface area contributed by atoms with Gasteiger partial charge in [0.25, 0.3) is 0 Å². The van der Waals surface area contributed by atoms with Crippen LogP contribution in [-0.2, 0) is 20.0 Å². The fraction of sp³-hybridized carbons (Fsp3) is 0.333. The second-order valence-corrected chi connectivity index (χ2v) is 7.71. The Morgan fingerprint density at radius 1 is 1.17 bits per heavy atom. The minimum Gasteiger partial charge on any atom is -0.283 e. The highest BCUT2D eigenvalue weighted by Crippen LogP contribution is 2.19. The first-order chi connectivity index (χ1) is 8.02. The Kier molecular flexibility index (Phi) is 3.99. The van der Waals surface area contributed by atoms with Crippen LogP contribution in [0.15, 0.2) is 23.1 Å². The van der Waals surface area contributed by atoms with Gasteiger partial charge in [-0.25, -0.2) is 26.4 Å². The molecule has 0 aromatic heterocycles. The number of primary sulfonamides is 1. The summed E-state index contributed by atoms with van der Waals surface area (Å²) < 4.78 is 60.5. The molecule has 1 rings (SSSR count). The number of rotatable bonds is 4. The highest BCUT2D eigenvalue weighted by atomic mass is 32.2. The molecule has 0 aliphatic rings. The van der Waals surface area contributed by atoms with Gasteiger partial charge >= 0.3 is 0 Å². The van der Waals surface area contributed by atoms with Crippen LogP contribution in [0.25, 0.3) is 0 Å².